The molecule has 1 aliphatic rings. The van der Waals surface area contributed by atoms with Gasteiger partial charge in [0, 0.05) is 0 Å². The molecule has 0 saturated carbocycles. The predicted molar refractivity (Wildman–Crippen MR) is 151 cm³/mol. The second kappa shape index (κ2) is 14.8. The van der Waals surface area contributed by atoms with E-state index in [0.717, 1.165) is 55.4 Å². The zero-order valence-corrected chi connectivity index (χ0v) is 27.4. The Bertz CT molecular complexity index is 903. The first kappa shape index (κ1) is 32.8. The number of amides is 2. The Labute approximate surface area is 232 Å². The van der Waals surface area contributed by atoms with E-state index in [9.17, 15) is 14.0 Å². The number of nitrogens with one attached hydrogen (secondary N) is 1. The number of likely N-dealkylation sites (tertiary alicyclic amines) is 1. The summed E-state index contributed by atoms with van der Waals surface area (Å²) in [5.41, 5.74) is -0.154. The molecule has 1 fully saturated rings. The molecule has 6 nitrogen and oxygen atoms in total. The average Bonchev–Trinajstić information content (AvgIpc) is 3.16. The van der Waals surface area contributed by atoms with Crippen molar-refractivity contribution >= 4 is 34.0 Å². The van der Waals surface area contributed by atoms with E-state index < -0.39 is 54.2 Å². The molecule has 2 heterocycles. The van der Waals surface area contributed by atoms with Gasteiger partial charge in [-0.1, -0.05) is 0 Å². The van der Waals surface area contributed by atoms with Crippen LogP contribution in [0.4, 0.5) is 13.6 Å². The van der Waals surface area contributed by atoms with E-state index in [1.54, 1.807) is 27.7 Å². The molecular weight excluding hydrogens is 595 g/mol. The van der Waals surface area contributed by atoms with E-state index in [0.29, 0.717) is 5.69 Å². The third-order valence-corrected chi connectivity index (χ3v) is 23.2. The molecule has 0 aliphatic carbocycles. The summed E-state index contributed by atoms with van der Waals surface area (Å²) >= 11 is -3.05. The van der Waals surface area contributed by atoms with Crippen LogP contribution in [0.15, 0.2) is 12.3 Å². The first-order chi connectivity index (χ1) is 17.9. The SMILES string of the molecule is CCC[CH2][Sn]([CH2]CCC)([CH2]CCC)[c]1cc(CNC(=O)[C@@H]2C[C@@H](F)[C@H](C)N2C(=O)OC(C)(C)C)ncc1F. The zero-order valence-electron chi connectivity index (χ0n) is 24.5. The standard InChI is InChI=1S/C17H22F2N3O3.3C4H9.Sn/c1-10-13(19)7-14(22(10)16(24)25-17(2,3)4)15(23)21-9-12-6-5-11(18)8-20-12;3*1-3-4-2;/h6,8,10,13-14H,7,9H2,1-4H3,(H,21,23);3*1,3-4H2,2H3;/t10-,13+,14-;;;;/m0..../s1. The summed E-state index contributed by atoms with van der Waals surface area (Å²) in [6.45, 7) is 13.5. The number of carbonyl (C=O) groups excluding carboxylic acids is 2. The van der Waals surface area contributed by atoms with E-state index in [1.807, 2.05) is 6.07 Å². The third kappa shape index (κ3) is 8.78. The van der Waals surface area contributed by atoms with Crippen LogP contribution >= 0.6 is 0 Å². The molecule has 1 saturated heterocycles. The van der Waals surface area contributed by atoms with Crippen molar-refractivity contribution in [2.75, 3.05) is 0 Å². The molecule has 1 aliphatic heterocycles. The summed E-state index contributed by atoms with van der Waals surface area (Å²) in [4.78, 5) is 31.4. The number of ether oxygens (including phenoxy) is 1. The van der Waals surface area contributed by atoms with Crippen molar-refractivity contribution in [2.24, 2.45) is 0 Å². The predicted octanol–water partition coefficient (Wildman–Crippen LogP) is 6.63. The van der Waals surface area contributed by atoms with Crippen LogP contribution in [-0.4, -0.2) is 64.1 Å². The van der Waals surface area contributed by atoms with Gasteiger partial charge < -0.3 is 0 Å². The second-order valence-electron chi connectivity index (χ2n) is 11.9. The number of alkyl halides is 1. The van der Waals surface area contributed by atoms with E-state index in [-0.39, 0.29) is 18.8 Å². The normalized spacial score (nSPS) is 20.0. The third-order valence-electron chi connectivity index (χ3n) is 7.61. The van der Waals surface area contributed by atoms with Crippen LogP contribution in [0.5, 0.6) is 0 Å². The number of aromatic nitrogens is 1. The fraction of sp³-hybridized carbons (Fsp3) is 0.759. The van der Waals surface area contributed by atoms with E-state index >= 15 is 4.39 Å². The van der Waals surface area contributed by atoms with Gasteiger partial charge in [-0.15, -0.1) is 0 Å². The summed E-state index contributed by atoms with van der Waals surface area (Å²) in [5, 5.41) is 2.84. The van der Waals surface area contributed by atoms with E-state index in [1.165, 1.54) is 11.1 Å². The van der Waals surface area contributed by atoms with Crippen molar-refractivity contribution in [1.82, 2.24) is 15.2 Å². The Morgan fingerprint density at radius 1 is 1.11 bits per heavy atom. The van der Waals surface area contributed by atoms with Gasteiger partial charge in [-0.25, -0.2) is 0 Å². The van der Waals surface area contributed by atoms with Crippen molar-refractivity contribution < 1.29 is 23.1 Å². The minimum atomic E-state index is -3.05. The molecule has 0 radical (unpaired) electrons. The van der Waals surface area contributed by atoms with Gasteiger partial charge in [0.15, 0.2) is 0 Å². The van der Waals surface area contributed by atoms with Gasteiger partial charge in [0.1, 0.15) is 0 Å². The second-order valence-corrected chi connectivity index (χ2v) is 25.0. The number of hydrogen-bond donors (Lipinski definition) is 1. The Kier molecular flexibility index (Phi) is 12.8. The minimum absolute atomic E-state index is 0.0844. The maximum absolute atomic E-state index is 15.4. The fourth-order valence-electron chi connectivity index (χ4n) is 5.43. The van der Waals surface area contributed by atoms with Gasteiger partial charge >= 0.3 is 233 Å². The van der Waals surface area contributed by atoms with Crippen LogP contribution in [0.1, 0.15) is 99.1 Å². The summed E-state index contributed by atoms with van der Waals surface area (Å²) in [6.07, 6.45) is 5.83. The first-order valence-electron chi connectivity index (χ1n) is 14.5. The number of unbranched alkanes of at least 4 members (excludes halogenated alkanes) is 3. The molecule has 9 heteroatoms. The maximum atomic E-state index is 15.4. The summed E-state index contributed by atoms with van der Waals surface area (Å²) in [7, 11) is 0. The van der Waals surface area contributed by atoms with Gasteiger partial charge in [0.2, 0.25) is 0 Å². The molecule has 3 atom stereocenters. The Balaban J connectivity index is 2.26. The average molecular weight is 644 g/mol. The topological polar surface area (TPSA) is 71.5 Å². The van der Waals surface area contributed by atoms with Crippen molar-refractivity contribution in [3.63, 3.8) is 0 Å². The Morgan fingerprint density at radius 2 is 1.66 bits per heavy atom. The van der Waals surface area contributed by atoms with Gasteiger partial charge in [-0.3, -0.25) is 0 Å². The Hall–Kier alpha value is -1.45. The van der Waals surface area contributed by atoms with Crippen LogP contribution in [0.2, 0.25) is 13.3 Å². The number of nitrogens with zero attached hydrogens (tertiary/aromatic N) is 2. The van der Waals surface area contributed by atoms with Crippen molar-refractivity contribution in [3.05, 3.63) is 23.8 Å². The number of carbonyl (C=O) groups is 2. The number of rotatable bonds is 13. The van der Waals surface area contributed by atoms with Crippen molar-refractivity contribution in [1.29, 1.82) is 0 Å². The van der Waals surface area contributed by atoms with Gasteiger partial charge in [0.05, 0.1) is 0 Å². The molecule has 0 aromatic carbocycles. The molecule has 1 aromatic heterocycles. The number of hydrogen-bond acceptors (Lipinski definition) is 4. The van der Waals surface area contributed by atoms with Gasteiger partial charge in [-0.2, -0.15) is 0 Å². The molecule has 1 aromatic rings. The summed E-state index contributed by atoms with van der Waals surface area (Å²) in [6, 6.07) is 0.168. The van der Waals surface area contributed by atoms with E-state index in [2.05, 4.69) is 31.1 Å². The molecule has 2 rings (SSSR count). The molecular formula is C29H49F2N3O3Sn. The first-order valence-corrected chi connectivity index (χ1v) is 21.9. The number of pyridine rings is 1. The summed E-state index contributed by atoms with van der Waals surface area (Å²) in [5.74, 6) is -0.659. The molecule has 216 valence electrons. The molecule has 38 heavy (non-hydrogen) atoms. The zero-order chi connectivity index (χ0) is 28.5. The molecule has 2 amide bonds. The molecule has 0 unspecified atom stereocenters. The summed E-state index contributed by atoms with van der Waals surface area (Å²) < 4.78 is 39.7. The monoisotopic (exact) mass is 645 g/mol. The van der Waals surface area contributed by atoms with E-state index in [4.69, 9.17) is 4.74 Å². The number of halogens is 2. The van der Waals surface area contributed by atoms with Crippen molar-refractivity contribution in [3.8, 4) is 0 Å². The molecule has 0 bridgehead atoms. The van der Waals surface area contributed by atoms with Crippen LogP contribution in [-0.2, 0) is 16.1 Å². The van der Waals surface area contributed by atoms with Crippen LogP contribution in [0, 0.1) is 5.82 Å². The fourth-order valence-corrected chi connectivity index (χ4v) is 21.7. The Morgan fingerprint density at radius 3 is 2.16 bits per heavy atom. The molecule has 0 spiro atoms. The van der Waals surface area contributed by atoms with Crippen LogP contribution < -0.4 is 8.90 Å². The van der Waals surface area contributed by atoms with Gasteiger partial charge in [0.25, 0.3) is 0 Å². The van der Waals surface area contributed by atoms with Crippen LogP contribution in [0.3, 0.4) is 0 Å². The molecule has 1 N–H and O–H groups in total. The van der Waals surface area contributed by atoms with Crippen LogP contribution in [0.25, 0.3) is 0 Å². The quantitative estimate of drug-likeness (QED) is 0.245. The van der Waals surface area contributed by atoms with Gasteiger partial charge in [-0.05, 0) is 0 Å². The van der Waals surface area contributed by atoms with Crippen molar-refractivity contribution in [2.45, 2.75) is 137 Å².